The smallest absolute Gasteiger partial charge is 0.223 e. The Morgan fingerprint density at radius 2 is 2.47 bits per heavy atom. The maximum atomic E-state index is 11.6. The first kappa shape index (κ1) is 12.6. The molecule has 2 aromatic rings. The SMILES string of the molecule is O=C(NCCn1c(-c2cccs2)n[nH]c1=S)C1CC1. The molecule has 0 bridgehead atoms. The van der Waals surface area contributed by atoms with Crippen molar-refractivity contribution in [2.24, 2.45) is 5.92 Å². The quantitative estimate of drug-likeness (QED) is 0.831. The number of amides is 1. The summed E-state index contributed by atoms with van der Waals surface area (Å²) in [5, 5.41) is 12.0. The number of carbonyl (C=O) groups is 1. The fraction of sp³-hybridized carbons (Fsp3) is 0.417. The van der Waals surface area contributed by atoms with Crippen molar-refractivity contribution in [1.29, 1.82) is 0 Å². The van der Waals surface area contributed by atoms with Gasteiger partial charge in [-0.2, -0.15) is 5.10 Å². The summed E-state index contributed by atoms with van der Waals surface area (Å²) in [6.07, 6.45) is 2.05. The number of rotatable bonds is 5. The number of nitrogens with zero attached hydrogens (tertiary/aromatic N) is 2. The summed E-state index contributed by atoms with van der Waals surface area (Å²) < 4.78 is 2.51. The normalized spacial score (nSPS) is 14.5. The van der Waals surface area contributed by atoms with Crippen LogP contribution in [0.4, 0.5) is 0 Å². The lowest BCUT2D eigenvalue weighted by molar-refractivity contribution is -0.122. The zero-order valence-electron chi connectivity index (χ0n) is 10.3. The Bertz CT molecular complexity index is 624. The summed E-state index contributed by atoms with van der Waals surface area (Å²) >= 11 is 6.85. The van der Waals surface area contributed by atoms with E-state index >= 15 is 0 Å². The Kier molecular flexibility index (Phi) is 3.48. The van der Waals surface area contributed by atoms with Crippen LogP contribution in [0.2, 0.25) is 0 Å². The van der Waals surface area contributed by atoms with Gasteiger partial charge in [0.1, 0.15) is 0 Å². The minimum Gasteiger partial charge on any atom is -0.354 e. The molecule has 0 saturated heterocycles. The molecule has 1 saturated carbocycles. The van der Waals surface area contributed by atoms with E-state index in [9.17, 15) is 4.79 Å². The number of aromatic nitrogens is 3. The molecule has 100 valence electrons. The summed E-state index contributed by atoms with van der Waals surface area (Å²) in [7, 11) is 0. The zero-order chi connectivity index (χ0) is 13.2. The Balaban J connectivity index is 1.68. The predicted molar refractivity (Wildman–Crippen MR) is 76.5 cm³/mol. The van der Waals surface area contributed by atoms with Gasteiger partial charge in [-0.05, 0) is 36.5 Å². The average Bonchev–Trinajstić information content (AvgIpc) is 3.00. The topological polar surface area (TPSA) is 62.7 Å². The van der Waals surface area contributed by atoms with E-state index in [1.165, 1.54) is 0 Å². The molecule has 0 radical (unpaired) electrons. The molecule has 1 aliphatic carbocycles. The van der Waals surface area contributed by atoms with Crippen LogP contribution >= 0.6 is 23.6 Å². The standard InChI is InChI=1S/C12H14N4OS2/c17-11(8-3-4-8)13-5-6-16-10(14-15-12(16)18)9-2-1-7-19-9/h1-2,7-8H,3-6H2,(H,13,17)(H,15,18). The second-order valence-corrected chi connectivity index (χ2v) is 5.88. The number of nitrogens with one attached hydrogen (secondary N) is 2. The molecular weight excluding hydrogens is 280 g/mol. The summed E-state index contributed by atoms with van der Waals surface area (Å²) in [4.78, 5) is 12.6. The number of hydrogen-bond acceptors (Lipinski definition) is 4. The van der Waals surface area contributed by atoms with E-state index in [-0.39, 0.29) is 11.8 Å². The van der Waals surface area contributed by atoms with E-state index < -0.39 is 0 Å². The lowest BCUT2D eigenvalue weighted by atomic mass is 10.4. The van der Waals surface area contributed by atoms with Gasteiger partial charge in [-0.15, -0.1) is 11.3 Å². The summed E-state index contributed by atoms with van der Waals surface area (Å²) in [6, 6.07) is 3.99. The van der Waals surface area contributed by atoms with Crippen molar-refractivity contribution in [3.8, 4) is 10.7 Å². The van der Waals surface area contributed by atoms with Crippen molar-refractivity contribution in [3.63, 3.8) is 0 Å². The van der Waals surface area contributed by atoms with E-state index in [4.69, 9.17) is 12.2 Å². The van der Waals surface area contributed by atoms with Gasteiger partial charge in [-0.1, -0.05) is 6.07 Å². The van der Waals surface area contributed by atoms with Crippen molar-refractivity contribution >= 4 is 29.5 Å². The van der Waals surface area contributed by atoms with Crippen LogP contribution in [0.3, 0.4) is 0 Å². The van der Waals surface area contributed by atoms with Crippen LogP contribution in [0.15, 0.2) is 17.5 Å². The van der Waals surface area contributed by atoms with Gasteiger partial charge in [-0.3, -0.25) is 14.5 Å². The number of thiophene rings is 1. The van der Waals surface area contributed by atoms with Gasteiger partial charge in [0.25, 0.3) is 0 Å². The zero-order valence-corrected chi connectivity index (χ0v) is 11.9. The number of aromatic amines is 1. The van der Waals surface area contributed by atoms with Crippen LogP contribution in [0, 0.1) is 10.7 Å². The largest absolute Gasteiger partial charge is 0.354 e. The Labute approximate surface area is 119 Å². The highest BCUT2D eigenvalue weighted by Crippen LogP contribution is 2.28. The fourth-order valence-corrected chi connectivity index (χ4v) is 2.85. The van der Waals surface area contributed by atoms with Gasteiger partial charge in [0, 0.05) is 19.0 Å². The van der Waals surface area contributed by atoms with Crippen LogP contribution in [0.25, 0.3) is 10.7 Å². The minimum atomic E-state index is 0.160. The van der Waals surface area contributed by atoms with Crippen molar-refractivity contribution in [3.05, 3.63) is 22.3 Å². The van der Waals surface area contributed by atoms with Crippen molar-refractivity contribution in [1.82, 2.24) is 20.1 Å². The lowest BCUT2D eigenvalue weighted by Crippen LogP contribution is -2.28. The number of hydrogen-bond donors (Lipinski definition) is 2. The molecule has 19 heavy (non-hydrogen) atoms. The third-order valence-electron chi connectivity index (χ3n) is 3.08. The Morgan fingerprint density at radius 3 is 3.16 bits per heavy atom. The number of H-pyrrole nitrogens is 1. The van der Waals surface area contributed by atoms with Crippen LogP contribution in [0.5, 0.6) is 0 Å². The molecule has 1 amide bonds. The van der Waals surface area contributed by atoms with E-state index in [0.717, 1.165) is 23.5 Å². The van der Waals surface area contributed by atoms with Crippen molar-refractivity contribution < 1.29 is 4.79 Å². The van der Waals surface area contributed by atoms with Crippen LogP contribution < -0.4 is 5.32 Å². The second kappa shape index (κ2) is 5.26. The molecule has 0 atom stereocenters. The highest BCUT2D eigenvalue weighted by molar-refractivity contribution is 7.71. The highest BCUT2D eigenvalue weighted by Gasteiger charge is 2.29. The molecule has 0 unspecified atom stereocenters. The van der Waals surface area contributed by atoms with Crippen LogP contribution in [-0.4, -0.2) is 27.2 Å². The predicted octanol–water partition coefficient (Wildman–Crippen LogP) is 2.20. The molecule has 0 aromatic carbocycles. The average molecular weight is 294 g/mol. The maximum Gasteiger partial charge on any atom is 0.223 e. The summed E-state index contributed by atoms with van der Waals surface area (Å²) in [6.45, 7) is 1.22. The monoisotopic (exact) mass is 294 g/mol. The Hall–Kier alpha value is -1.47. The minimum absolute atomic E-state index is 0.160. The van der Waals surface area contributed by atoms with E-state index in [0.29, 0.717) is 17.9 Å². The molecule has 2 N–H and O–H groups in total. The molecule has 7 heteroatoms. The van der Waals surface area contributed by atoms with E-state index in [2.05, 4.69) is 15.5 Å². The van der Waals surface area contributed by atoms with Gasteiger partial charge < -0.3 is 5.32 Å². The van der Waals surface area contributed by atoms with Gasteiger partial charge in [0.15, 0.2) is 10.6 Å². The van der Waals surface area contributed by atoms with Crippen molar-refractivity contribution in [2.45, 2.75) is 19.4 Å². The van der Waals surface area contributed by atoms with Crippen molar-refractivity contribution in [2.75, 3.05) is 6.54 Å². The summed E-state index contributed by atoms with van der Waals surface area (Å²) in [5.74, 6) is 1.24. The van der Waals surface area contributed by atoms with Crippen LogP contribution in [0.1, 0.15) is 12.8 Å². The molecule has 0 spiro atoms. The molecule has 1 fully saturated rings. The van der Waals surface area contributed by atoms with Gasteiger partial charge >= 0.3 is 0 Å². The van der Waals surface area contributed by atoms with Gasteiger partial charge in [0.2, 0.25) is 5.91 Å². The van der Waals surface area contributed by atoms with E-state index in [1.807, 2.05) is 22.1 Å². The summed E-state index contributed by atoms with van der Waals surface area (Å²) in [5.41, 5.74) is 0. The lowest BCUT2D eigenvalue weighted by Gasteiger charge is -2.07. The first-order chi connectivity index (χ1) is 9.25. The maximum absolute atomic E-state index is 11.6. The highest BCUT2D eigenvalue weighted by atomic mass is 32.1. The van der Waals surface area contributed by atoms with Gasteiger partial charge in [0.05, 0.1) is 4.88 Å². The first-order valence-corrected chi connectivity index (χ1v) is 7.51. The fourth-order valence-electron chi connectivity index (χ4n) is 1.90. The Morgan fingerprint density at radius 1 is 1.63 bits per heavy atom. The number of carbonyl (C=O) groups excluding carboxylic acids is 1. The molecule has 2 aromatic heterocycles. The molecule has 3 rings (SSSR count). The second-order valence-electron chi connectivity index (χ2n) is 4.55. The van der Waals surface area contributed by atoms with Gasteiger partial charge in [-0.25, -0.2) is 0 Å². The third kappa shape index (κ3) is 2.76. The molecular formula is C12H14N4OS2. The molecule has 2 heterocycles. The van der Waals surface area contributed by atoms with Crippen LogP contribution in [-0.2, 0) is 11.3 Å². The first-order valence-electron chi connectivity index (χ1n) is 6.22. The van der Waals surface area contributed by atoms with E-state index in [1.54, 1.807) is 11.3 Å². The molecule has 0 aliphatic heterocycles. The molecule has 5 nitrogen and oxygen atoms in total. The molecule has 1 aliphatic rings. The third-order valence-corrected chi connectivity index (χ3v) is 4.26.